The third kappa shape index (κ3) is 3.19. The van der Waals surface area contributed by atoms with Crippen LogP contribution in [0, 0.1) is 25.5 Å². The lowest BCUT2D eigenvalue weighted by Crippen LogP contribution is -2.32. The molecule has 6 heteroatoms. The Morgan fingerprint density at radius 3 is 2.61 bits per heavy atom. The van der Waals surface area contributed by atoms with Gasteiger partial charge in [-0.2, -0.15) is 5.10 Å². The molecule has 0 saturated carbocycles. The molecule has 28 heavy (non-hydrogen) atoms. The van der Waals surface area contributed by atoms with E-state index in [1.165, 1.54) is 17.2 Å². The molecule has 4 nitrogen and oxygen atoms in total. The number of hydrogen-bond acceptors (Lipinski definition) is 2. The van der Waals surface area contributed by atoms with Crippen LogP contribution in [0.15, 0.2) is 42.6 Å². The molecule has 3 aromatic rings. The average molecular weight is 381 g/mol. The van der Waals surface area contributed by atoms with Gasteiger partial charge >= 0.3 is 0 Å². The summed E-state index contributed by atoms with van der Waals surface area (Å²) in [7, 11) is 0. The highest BCUT2D eigenvalue weighted by Gasteiger charge is 2.28. The molecule has 1 aliphatic rings. The Balaban J connectivity index is 1.64. The lowest BCUT2D eigenvalue weighted by atomic mass is 9.92. The maximum atomic E-state index is 13.9. The van der Waals surface area contributed by atoms with Gasteiger partial charge in [-0.15, -0.1) is 0 Å². The van der Waals surface area contributed by atoms with E-state index in [1.54, 1.807) is 6.20 Å². The predicted octanol–water partition coefficient (Wildman–Crippen LogP) is 4.57. The molecule has 0 spiro atoms. The standard InChI is InChI=1S/C22H21F2N3O/c1-13-9-10-15(11-14(13)2)27-20-8-4-7-19(16(20)12-25-27)26-22(28)21-17(23)5-3-6-18(21)24/h3,5-6,9-12,19H,4,7-8H2,1-2H3,(H,26,28)/t19-/m0/s1. The van der Waals surface area contributed by atoms with Crippen LogP contribution in [0.25, 0.3) is 5.69 Å². The number of fused-ring (bicyclic) bond motifs is 1. The zero-order valence-electron chi connectivity index (χ0n) is 15.8. The fraction of sp³-hybridized carbons (Fsp3) is 0.273. The van der Waals surface area contributed by atoms with E-state index in [9.17, 15) is 13.6 Å². The number of benzene rings is 2. The summed E-state index contributed by atoms with van der Waals surface area (Å²) in [4.78, 5) is 12.5. The minimum Gasteiger partial charge on any atom is -0.345 e. The van der Waals surface area contributed by atoms with Crippen LogP contribution in [0.1, 0.15) is 51.6 Å². The van der Waals surface area contributed by atoms with Gasteiger partial charge in [0.25, 0.3) is 5.91 Å². The van der Waals surface area contributed by atoms with Crippen LogP contribution in [-0.2, 0) is 6.42 Å². The summed E-state index contributed by atoms with van der Waals surface area (Å²) in [5, 5.41) is 7.31. The maximum Gasteiger partial charge on any atom is 0.257 e. The fourth-order valence-electron chi connectivity index (χ4n) is 3.73. The Bertz CT molecular complexity index is 1040. The number of nitrogens with one attached hydrogen (secondary N) is 1. The Morgan fingerprint density at radius 2 is 1.89 bits per heavy atom. The van der Waals surface area contributed by atoms with Crippen LogP contribution in [0.3, 0.4) is 0 Å². The summed E-state index contributed by atoms with van der Waals surface area (Å²) < 4.78 is 29.8. The van der Waals surface area contributed by atoms with Gasteiger partial charge in [-0.05, 0) is 68.5 Å². The molecule has 1 aliphatic carbocycles. The van der Waals surface area contributed by atoms with E-state index in [-0.39, 0.29) is 6.04 Å². The number of amides is 1. The number of nitrogens with zero attached hydrogens (tertiary/aromatic N) is 2. The third-order valence-corrected chi connectivity index (χ3v) is 5.41. The van der Waals surface area contributed by atoms with Crippen molar-refractivity contribution in [1.82, 2.24) is 15.1 Å². The Hall–Kier alpha value is -3.02. The molecule has 4 rings (SSSR count). The van der Waals surface area contributed by atoms with E-state index in [0.29, 0.717) is 6.42 Å². The minimum absolute atomic E-state index is 0.324. The van der Waals surface area contributed by atoms with Crippen LogP contribution >= 0.6 is 0 Å². The lowest BCUT2D eigenvalue weighted by Gasteiger charge is -2.24. The molecule has 1 aromatic heterocycles. The first kappa shape index (κ1) is 18.3. The molecular formula is C22H21F2N3O. The normalized spacial score (nSPS) is 15.9. The van der Waals surface area contributed by atoms with Crippen molar-refractivity contribution in [3.05, 3.63) is 82.2 Å². The molecule has 0 aliphatic heterocycles. The van der Waals surface area contributed by atoms with E-state index in [1.807, 2.05) is 10.7 Å². The van der Waals surface area contributed by atoms with Gasteiger partial charge in [0.2, 0.25) is 0 Å². The Kier molecular flexibility index (Phi) is 4.71. The lowest BCUT2D eigenvalue weighted by molar-refractivity contribution is 0.0924. The van der Waals surface area contributed by atoms with Crippen molar-refractivity contribution in [1.29, 1.82) is 0 Å². The molecule has 1 heterocycles. The molecule has 0 radical (unpaired) electrons. The first-order valence-electron chi connectivity index (χ1n) is 9.35. The van der Waals surface area contributed by atoms with Gasteiger partial charge in [0.15, 0.2) is 0 Å². The second-order valence-corrected chi connectivity index (χ2v) is 7.24. The quantitative estimate of drug-likeness (QED) is 0.722. The van der Waals surface area contributed by atoms with Crippen LogP contribution in [0.4, 0.5) is 8.78 Å². The molecule has 0 unspecified atom stereocenters. The number of carbonyl (C=O) groups is 1. The van der Waals surface area contributed by atoms with E-state index in [0.717, 1.165) is 41.9 Å². The molecule has 0 saturated heterocycles. The highest BCUT2D eigenvalue weighted by Crippen LogP contribution is 2.32. The molecule has 0 bridgehead atoms. The van der Waals surface area contributed by atoms with Crippen LogP contribution in [0.5, 0.6) is 0 Å². The van der Waals surface area contributed by atoms with Crippen molar-refractivity contribution in [3.63, 3.8) is 0 Å². The summed E-state index contributed by atoms with van der Waals surface area (Å²) >= 11 is 0. The summed E-state index contributed by atoms with van der Waals surface area (Å²) in [5.41, 5.74) is 4.73. The Morgan fingerprint density at radius 1 is 1.14 bits per heavy atom. The largest absolute Gasteiger partial charge is 0.345 e. The first-order chi connectivity index (χ1) is 13.5. The molecular weight excluding hydrogens is 360 g/mol. The molecule has 1 atom stereocenters. The zero-order valence-corrected chi connectivity index (χ0v) is 15.8. The van der Waals surface area contributed by atoms with Gasteiger partial charge in [0, 0.05) is 11.3 Å². The molecule has 1 N–H and O–H groups in total. The van der Waals surface area contributed by atoms with E-state index in [4.69, 9.17) is 0 Å². The van der Waals surface area contributed by atoms with Gasteiger partial charge in [-0.3, -0.25) is 4.79 Å². The van der Waals surface area contributed by atoms with Gasteiger partial charge in [0.1, 0.15) is 17.2 Å². The van der Waals surface area contributed by atoms with E-state index < -0.39 is 23.1 Å². The Labute approximate surface area is 162 Å². The van der Waals surface area contributed by atoms with Crippen LogP contribution < -0.4 is 5.32 Å². The van der Waals surface area contributed by atoms with Gasteiger partial charge in [-0.1, -0.05) is 12.1 Å². The van der Waals surface area contributed by atoms with Gasteiger partial charge < -0.3 is 5.32 Å². The smallest absolute Gasteiger partial charge is 0.257 e. The molecule has 1 amide bonds. The van der Waals surface area contributed by atoms with Gasteiger partial charge in [0.05, 0.1) is 17.9 Å². The number of hydrogen-bond donors (Lipinski definition) is 1. The number of halogens is 2. The van der Waals surface area contributed by atoms with Crippen LogP contribution in [-0.4, -0.2) is 15.7 Å². The second-order valence-electron chi connectivity index (χ2n) is 7.24. The van der Waals surface area contributed by atoms with Crippen molar-refractivity contribution < 1.29 is 13.6 Å². The monoisotopic (exact) mass is 381 g/mol. The van der Waals surface area contributed by atoms with E-state index >= 15 is 0 Å². The van der Waals surface area contributed by atoms with Crippen molar-refractivity contribution >= 4 is 5.91 Å². The van der Waals surface area contributed by atoms with Crippen molar-refractivity contribution in [3.8, 4) is 5.69 Å². The summed E-state index contributed by atoms with van der Waals surface area (Å²) in [6.07, 6.45) is 4.14. The third-order valence-electron chi connectivity index (χ3n) is 5.41. The minimum atomic E-state index is -0.862. The first-order valence-corrected chi connectivity index (χ1v) is 9.35. The summed E-state index contributed by atoms with van der Waals surface area (Å²) in [5.74, 6) is -2.47. The fourth-order valence-corrected chi connectivity index (χ4v) is 3.73. The SMILES string of the molecule is Cc1ccc(-n2ncc3c2CCC[C@@H]3NC(=O)c2c(F)cccc2F)cc1C. The maximum absolute atomic E-state index is 13.9. The number of aromatic nitrogens is 2. The molecule has 0 fully saturated rings. The highest BCUT2D eigenvalue weighted by atomic mass is 19.1. The number of carbonyl (C=O) groups excluding carboxylic acids is 1. The van der Waals surface area contributed by atoms with Crippen molar-refractivity contribution in [2.24, 2.45) is 0 Å². The summed E-state index contributed by atoms with van der Waals surface area (Å²) in [6, 6.07) is 9.25. The predicted molar refractivity (Wildman–Crippen MR) is 103 cm³/mol. The molecule has 2 aromatic carbocycles. The van der Waals surface area contributed by atoms with Gasteiger partial charge in [-0.25, -0.2) is 13.5 Å². The number of aryl methyl sites for hydroxylation is 2. The molecule has 144 valence electrons. The number of rotatable bonds is 3. The van der Waals surface area contributed by atoms with Crippen molar-refractivity contribution in [2.45, 2.75) is 39.2 Å². The van der Waals surface area contributed by atoms with E-state index in [2.05, 4.69) is 36.4 Å². The topological polar surface area (TPSA) is 46.9 Å². The average Bonchev–Trinajstić information content (AvgIpc) is 3.09. The zero-order chi connectivity index (χ0) is 19.8. The van der Waals surface area contributed by atoms with Crippen molar-refractivity contribution in [2.75, 3.05) is 0 Å². The van der Waals surface area contributed by atoms with Crippen LogP contribution in [0.2, 0.25) is 0 Å². The highest BCUT2D eigenvalue weighted by molar-refractivity contribution is 5.95. The summed E-state index contributed by atoms with van der Waals surface area (Å²) in [6.45, 7) is 4.12. The second kappa shape index (κ2) is 7.19.